The van der Waals surface area contributed by atoms with Crippen molar-refractivity contribution in [2.24, 2.45) is 0 Å². The molecular weight excluding hydrogens is 447 g/mol. The monoisotopic (exact) mass is 464 g/mol. The van der Waals surface area contributed by atoms with Crippen LogP contribution in [0.4, 0.5) is 0 Å². The van der Waals surface area contributed by atoms with E-state index in [2.05, 4.69) is 6.07 Å². The predicted octanol–water partition coefficient (Wildman–Crippen LogP) is 5.99. The second-order valence-corrected chi connectivity index (χ2v) is 8.08. The van der Waals surface area contributed by atoms with Gasteiger partial charge in [-0.25, -0.2) is 4.79 Å². The van der Waals surface area contributed by atoms with Gasteiger partial charge in [-0.15, -0.1) is 0 Å². The lowest BCUT2D eigenvalue weighted by molar-refractivity contribution is 0.0600. The van der Waals surface area contributed by atoms with Gasteiger partial charge in [0.2, 0.25) is 0 Å². The molecular formula is C25H18Cl2N2O3. The number of halogens is 2. The number of rotatable bonds is 4. The normalized spacial score (nSPS) is 11.9. The topological polar surface area (TPSA) is 75.2 Å². The van der Waals surface area contributed by atoms with Crippen LogP contribution in [-0.2, 0) is 4.74 Å². The summed E-state index contributed by atoms with van der Waals surface area (Å²) in [5.41, 5.74) is 3.76. The number of nitriles is 1. The molecule has 0 aliphatic rings. The third kappa shape index (κ3) is 3.63. The summed E-state index contributed by atoms with van der Waals surface area (Å²) in [4.78, 5) is 12.1. The fraction of sp³-hybridized carbons (Fsp3) is 0.120. The highest BCUT2D eigenvalue weighted by Crippen LogP contribution is 2.40. The van der Waals surface area contributed by atoms with Crippen molar-refractivity contribution in [3.63, 3.8) is 0 Å². The standard InChI is InChI=1S/C25H18Cl2N2O3/c1-14-10-15(13-28)11-20-18(14)12-21(29(20)16-6-4-3-5-7-16)24(30)22-19(26)9-8-17(23(22)27)25(31)32-2/h3-12,24,30H,1-2H3. The molecule has 7 heteroatoms. The highest BCUT2D eigenvalue weighted by atomic mass is 35.5. The SMILES string of the molecule is COC(=O)c1ccc(Cl)c(C(O)c2cc3c(C)cc(C#N)cc3n2-c2ccccc2)c1Cl. The summed E-state index contributed by atoms with van der Waals surface area (Å²) in [7, 11) is 1.26. The number of aliphatic hydroxyl groups is 1. The van der Waals surface area contributed by atoms with E-state index in [9.17, 15) is 15.2 Å². The zero-order valence-electron chi connectivity index (χ0n) is 17.3. The van der Waals surface area contributed by atoms with Crippen molar-refractivity contribution in [3.05, 3.63) is 98.7 Å². The molecule has 1 atom stereocenters. The molecule has 0 aliphatic heterocycles. The fourth-order valence-electron chi connectivity index (χ4n) is 3.87. The lowest BCUT2D eigenvalue weighted by Gasteiger charge is -2.19. The first-order valence-electron chi connectivity index (χ1n) is 9.73. The molecule has 4 rings (SSSR count). The first-order valence-corrected chi connectivity index (χ1v) is 10.5. The number of benzene rings is 3. The zero-order chi connectivity index (χ0) is 23.0. The van der Waals surface area contributed by atoms with E-state index in [1.165, 1.54) is 19.2 Å². The van der Waals surface area contributed by atoms with Crippen molar-refractivity contribution in [2.75, 3.05) is 7.11 Å². The molecule has 0 radical (unpaired) electrons. The van der Waals surface area contributed by atoms with Crippen LogP contribution in [0.5, 0.6) is 0 Å². The summed E-state index contributed by atoms with van der Waals surface area (Å²) in [6.07, 6.45) is -1.25. The summed E-state index contributed by atoms with van der Waals surface area (Å²) in [6, 6.07) is 20.0. The molecule has 0 saturated carbocycles. The molecule has 0 aliphatic carbocycles. The Balaban J connectivity index is 2.03. The van der Waals surface area contributed by atoms with Crippen LogP contribution in [0.2, 0.25) is 10.0 Å². The van der Waals surface area contributed by atoms with Crippen LogP contribution in [0.3, 0.4) is 0 Å². The molecule has 1 aromatic heterocycles. The lowest BCUT2D eigenvalue weighted by atomic mass is 10.0. The molecule has 0 spiro atoms. The Morgan fingerprint density at radius 2 is 1.84 bits per heavy atom. The number of para-hydroxylation sites is 1. The number of aliphatic hydroxyl groups excluding tert-OH is 1. The van der Waals surface area contributed by atoms with Crippen molar-refractivity contribution in [1.82, 2.24) is 4.57 Å². The number of aryl methyl sites for hydroxylation is 1. The van der Waals surface area contributed by atoms with Gasteiger partial charge in [0.15, 0.2) is 0 Å². The van der Waals surface area contributed by atoms with Crippen LogP contribution in [0.25, 0.3) is 16.6 Å². The quantitative estimate of drug-likeness (QED) is 0.376. The third-order valence-electron chi connectivity index (χ3n) is 5.39. The number of ether oxygens (including phenoxy) is 1. The van der Waals surface area contributed by atoms with Crippen molar-refractivity contribution < 1.29 is 14.6 Å². The number of esters is 1. The minimum absolute atomic E-state index is 0.0242. The van der Waals surface area contributed by atoms with Gasteiger partial charge in [0, 0.05) is 21.7 Å². The number of carbonyl (C=O) groups excluding carboxylic acids is 1. The van der Waals surface area contributed by atoms with E-state index < -0.39 is 12.1 Å². The van der Waals surface area contributed by atoms with Gasteiger partial charge in [0.25, 0.3) is 0 Å². The van der Waals surface area contributed by atoms with Gasteiger partial charge in [-0.1, -0.05) is 41.4 Å². The van der Waals surface area contributed by atoms with Gasteiger partial charge >= 0.3 is 5.97 Å². The molecule has 5 nitrogen and oxygen atoms in total. The Morgan fingerprint density at radius 3 is 2.50 bits per heavy atom. The first kappa shape index (κ1) is 21.9. The Hall–Kier alpha value is -3.30. The van der Waals surface area contributed by atoms with E-state index in [1.807, 2.05) is 47.9 Å². The Labute approximate surface area is 195 Å². The third-order valence-corrected chi connectivity index (χ3v) is 6.12. The molecule has 0 bridgehead atoms. The van der Waals surface area contributed by atoms with E-state index >= 15 is 0 Å². The number of hydrogen-bond acceptors (Lipinski definition) is 4. The van der Waals surface area contributed by atoms with Crippen LogP contribution in [0.15, 0.2) is 60.7 Å². The van der Waals surface area contributed by atoms with Gasteiger partial charge in [-0.3, -0.25) is 0 Å². The number of aromatic nitrogens is 1. The van der Waals surface area contributed by atoms with E-state index in [1.54, 1.807) is 12.1 Å². The smallest absolute Gasteiger partial charge is 0.339 e. The van der Waals surface area contributed by atoms with Crippen molar-refractivity contribution in [2.45, 2.75) is 13.0 Å². The molecule has 0 saturated heterocycles. The van der Waals surface area contributed by atoms with E-state index in [-0.39, 0.29) is 21.2 Å². The fourth-order valence-corrected chi connectivity index (χ4v) is 4.53. The highest BCUT2D eigenvalue weighted by Gasteiger charge is 2.27. The summed E-state index contributed by atoms with van der Waals surface area (Å²) in [5.74, 6) is -0.627. The van der Waals surface area contributed by atoms with Gasteiger partial charge in [0.05, 0.1) is 40.5 Å². The summed E-state index contributed by atoms with van der Waals surface area (Å²) in [5, 5.41) is 22.1. The number of hydrogen-bond donors (Lipinski definition) is 1. The summed E-state index contributed by atoms with van der Waals surface area (Å²) < 4.78 is 6.66. The summed E-state index contributed by atoms with van der Waals surface area (Å²) >= 11 is 12.9. The number of carbonyl (C=O) groups is 1. The minimum atomic E-state index is -1.25. The predicted molar refractivity (Wildman–Crippen MR) is 125 cm³/mol. The molecule has 4 aromatic rings. The molecule has 1 heterocycles. The average Bonchev–Trinajstić information content (AvgIpc) is 3.19. The molecule has 0 amide bonds. The van der Waals surface area contributed by atoms with Gasteiger partial charge < -0.3 is 14.4 Å². The van der Waals surface area contributed by atoms with Crippen LogP contribution >= 0.6 is 23.2 Å². The van der Waals surface area contributed by atoms with Crippen molar-refractivity contribution in [1.29, 1.82) is 5.26 Å². The number of fused-ring (bicyclic) bond motifs is 1. The van der Waals surface area contributed by atoms with Crippen LogP contribution in [0.1, 0.15) is 38.8 Å². The number of nitrogens with zero attached hydrogens (tertiary/aromatic N) is 2. The lowest BCUT2D eigenvalue weighted by Crippen LogP contribution is -2.11. The maximum Gasteiger partial charge on any atom is 0.339 e. The molecule has 32 heavy (non-hydrogen) atoms. The number of methoxy groups -OCH3 is 1. The van der Waals surface area contributed by atoms with E-state index in [4.69, 9.17) is 27.9 Å². The van der Waals surface area contributed by atoms with Crippen molar-refractivity contribution in [3.8, 4) is 11.8 Å². The molecule has 160 valence electrons. The van der Waals surface area contributed by atoms with Gasteiger partial charge in [-0.05, 0) is 55.0 Å². The average molecular weight is 465 g/mol. The van der Waals surface area contributed by atoms with E-state index in [0.717, 1.165) is 22.2 Å². The van der Waals surface area contributed by atoms with Gasteiger partial charge in [-0.2, -0.15) is 5.26 Å². The molecule has 1 unspecified atom stereocenters. The molecule has 0 fully saturated rings. The maximum absolute atomic E-state index is 12.1. The molecule has 3 aromatic carbocycles. The minimum Gasteiger partial charge on any atom is -0.465 e. The van der Waals surface area contributed by atoms with Crippen molar-refractivity contribution >= 4 is 40.1 Å². The van der Waals surface area contributed by atoms with E-state index in [0.29, 0.717) is 11.3 Å². The second-order valence-electron chi connectivity index (χ2n) is 7.29. The largest absolute Gasteiger partial charge is 0.465 e. The maximum atomic E-state index is 12.1. The Kier molecular flexibility index (Phi) is 5.94. The molecule has 1 N–H and O–H groups in total. The van der Waals surface area contributed by atoms with Gasteiger partial charge in [0.1, 0.15) is 6.10 Å². The van der Waals surface area contributed by atoms with Crippen LogP contribution in [-0.4, -0.2) is 22.8 Å². The zero-order valence-corrected chi connectivity index (χ0v) is 18.8. The second kappa shape index (κ2) is 8.68. The first-order chi connectivity index (χ1) is 15.4. The summed E-state index contributed by atoms with van der Waals surface area (Å²) in [6.45, 7) is 1.91. The van der Waals surface area contributed by atoms with Crippen LogP contribution < -0.4 is 0 Å². The Bertz CT molecular complexity index is 1390. The Morgan fingerprint density at radius 1 is 1.12 bits per heavy atom. The highest BCUT2D eigenvalue weighted by molar-refractivity contribution is 6.38. The van der Waals surface area contributed by atoms with Crippen LogP contribution in [0, 0.1) is 18.3 Å².